The van der Waals surface area contributed by atoms with E-state index in [1.165, 1.54) is 193 Å². The third-order valence-corrected chi connectivity index (χ3v) is 14.9. The van der Waals surface area contributed by atoms with Gasteiger partial charge in [0.2, 0.25) is 5.91 Å². The molecule has 0 radical (unpaired) electrons. The lowest BCUT2D eigenvalue weighted by Gasteiger charge is -2.41. The molecule has 1 aliphatic heterocycles. The summed E-state index contributed by atoms with van der Waals surface area (Å²) in [7, 11) is 0. The first-order valence-electron chi connectivity index (χ1n) is 31.1. The van der Waals surface area contributed by atoms with Crippen molar-refractivity contribution in [3.05, 3.63) is 24.3 Å². The molecule has 0 aromatic heterocycles. The molecule has 0 spiro atoms. The average Bonchev–Trinajstić information content (AvgIpc) is 3.39. The van der Waals surface area contributed by atoms with Crippen molar-refractivity contribution in [2.75, 3.05) is 13.2 Å². The van der Waals surface area contributed by atoms with Gasteiger partial charge in [0.15, 0.2) is 12.4 Å². The summed E-state index contributed by atoms with van der Waals surface area (Å²) < 4.78 is 17.6. The van der Waals surface area contributed by atoms with E-state index in [2.05, 4.69) is 38.2 Å². The van der Waals surface area contributed by atoms with Crippen LogP contribution >= 0.6 is 0 Å². The van der Waals surface area contributed by atoms with Crippen molar-refractivity contribution in [1.82, 2.24) is 5.32 Å². The maximum Gasteiger partial charge on any atom is 0.306 e. The lowest BCUT2D eigenvalue weighted by Crippen LogP contribution is -2.61. The maximum absolute atomic E-state index is 13.3. The predicted octanol–water partition coefficient (Wildman–Crippen LogP) is 14.5. The zero-order valence-corrected chi connectivity index (χ0v) is 47.5. The molecule has 1 saturated heterocycles. The first-order chi connectivity index (χ1) is 35.7. The largest absolute Gasteiger partial charge is 0.454 e. The van der Waals surface area contributed by atoms with E-state index in [9.17, 15) is 35.1 Å². The lowest BCUT2D eigenvalue weighted by atomic mass is 9.99. The molecule has 0 bridgehead atoms. The zero-order chi connectivity index (χ0) is 53.3. The molecule has 1 rings (SSSR count). The highest BCUT2D eigenvalue weighted by Gasteiger charge is 2.47. The summed E-state index contributed by atoms with van der Waals surface area (Å²) in [6.07, 6.45) is 48.0. The maximum atomic E-state index is 13.3. The zero-order valence-electron chi connectivity index (χ0n) is 47.5. The number of carbonyl (C=O) groups excluding carboxylic acids is 2. The molecular weight excluding hydrogens is 919 g/mol. The van der Waals surface area contributed by atoms with Gasteiger partial charge >= 0.3 is 5.97 Å². The molecule has 11 nitrogen and oxygen atoms in total. The summed E-state index contributed by atoms with van der Waals surface area (Å²) in [5.74, 6) is -1.18. The smallest absolute Gasteiger partial charge is 0.306 e. The summed E-state index contributed by atoms with van der Waals surface area (Å²) in [5.41, 5.74) is 0. The second kappa shape index (κ2) is 50.9. The Bertz CT molecular complexity index is 1280. The number of amides is 1. The average molecular weight is 1040 g/mol. The van der Waals surface area contributed by atoms with Crippen LogP contribution in [-0.2, 0) is 23.8 Å². The van der Waals surface area contributed by atoms with Gasteiger partial charge in [0.1, 0.15) is 24.4 Å². The highest BCUT2D eigenvalue weighted by Crippen LogP contribution is 2.26. The molecule has 0 aliphatic carbocycles. The van der Waals surface area contributed by atoms with Crippen molar-refractivity contribution < 1.29 is 49.3 Å². The molecule has 1 heterocycles. The molecular formula is C62H117NO10. The van der Waals surface area contributed by atoms with Crippen molar-refractivity contribution in [3.8, 4) is 0 Å². The Morgan fingerprint density at radius 3 is 1.33 bits per heavy atom. The van der Waals surface area contributed by atoms with Gasteiger partial charge in [-0.2, -0.15) is 0 Å². The molecule has 0 saturated carbocycles. The first kappa shape index (κ1) is 69.2. The highest BCUT2D eigenvalue weighted by atomic mass is 16.7. The van der Waals surface area contributed by atoms with Gasteiger partial charge < -0.3 is 45.1 Å². The number of unbranched alkanes of at least 4 members (excludes halogenated alkanes) is 37. The molecule has 1 amide bonds. The molecule has 8 atom stereocenters. The summed E-state index contributed by atoms with van der Waals surface area (Å²) in [6.45, 7) is 5.79. The molecule has 0 aromatic carbocycles. The minimum absolute atomic E-state index is 0.127. The summed E-state index contributed by atoms with van der Waals surface area (Å²) in [4.78, 5) is 26.5. The number of allylic oxidation sites excluding steroid dienone is 3. The molecule has 1 aliphatic rings. The van der Waals surface area contributed by atoms with Crippen LogP contribution in [0.25, 0.3) is 0 Å². The molecule has 8 unspecified atom stereocenters. The normalized spacial score (nSPS) is 19.5. The molecule has 1 fully saturated rings. The minimum Gasteiger partial charge on any atom is -0.454 e. The Morgan fingerprint density at radius 2 is 0.904 bits per heavy atom. The van der Waals surface area contributed by atoms with Crippen LogP contribution in [0.4, 0.5) is 0 Å². The van der Waals surface area contributed by atoms with E-state index in [4.69, 9.17) is 14.2 Å². The van der Waals surface area contributed by atoms with Gasteiger partial charge in [-0.15, -0.1) is 0 Å². The number of aliphatic hydroxyl groups excluding tert-OH is 5. The van der Waals surface area contributed by atoms with Crippen LogP contribution in [0.15, 0.2) is 24.3 Å². The fraction of sp³-hybridized carbons (Fsp3) is 0.903. The van der Waals surface area contributed by atoms with Gasteiger partial charge in [0.25, 0.3) is 0 Å². The fourth-order valence-corrected chi connectivity index (χ4v) is 9.88. The Balaban J connectivity index is 2.62. The number of nitrogens with one attached hydrogen (secondary N) is 1. The molecule has 430 valence electrons. The van der Waals surface area contributed by atoms with E-state index in [0.29, 0.717) is 19.3 Å². The van der Waals surface area contributed by atoms with E-state index in [-0.39, 0.29) is 13.0 Å². The highest BCUT2D eigenvalue weighted by molar-refractivity contribution is 5.80. The number of ether oxygens (including phenoxy) is 3. The van der Waals surface area contributed by atoms with E-state index < -0.39 is 67.4 Å². The topological polar surface area (TPSA) is 175 Å². The van der Waals surface area contributed by atoms with E-state index >= 15 is 0 Å². The quantitative estimate of drug-likeness (QED) is 0.0195. The predicted molar refractivity (Wildman–Crippen MR) is 301 cm³/mol. The number of aliphatic hydroxyl groups is 5. The third kappa shape index (κ3) is 39.2. The second-order valence-corrected chi connectivity index (χ2v) is 21.8. The SMILES string of the molecule is CCCCCCCC/C=C/CCCCCCCCCCCCCC(=O)OC1C(OCC(NC(=O)C(O)CCCCCCCCCCCC)C(O)/C=C/CCCCCCCCCCCCC)OC(CO)C(O)C1O. The third-order valence-electron chi connectivity index (χ3n) is 14.9. The number of carbonyl (C=O) groups is 2. The number of rotatable bonds is 53. The van der Waals surface area contributed by atoms with Gasteiger partial charge in [-0.25, -0.2) is 0 Å². The van der Waals surface area contributed by atoms with Crippen LogP contribution in [0.2, 0.25) is 0 Å². The van der Waals surface area contributed by atoms with E-state index in [0.717, 1.165) is 57.8 Å². The van der Waals surface area contributed by atoms with Gasteiger partial charge in [-0.1, -0.05) is 263 Å². The first-order valence-corrected chi connectivity index (χ1v) is 31.1. The number of hydrogen-bond acceptors (Lipinski definition) is 10. The molecule has 11 heteroatoms. The van der Waals surface area contributed by atoms with Crippen molar-refractivity contribution >= 4 is 11.9 Å². The Kier molecular flexibility index (Phi) is 48.2. The van der Waals surface area contributed by atoms with Crippen LogP contribution in [0.1, 0.15) is 297 Å². The van der Waals surface area contributed by atoms with Gasteiger partial charge in [0, 0.05) is 6.42 Å². The summed E-state index contributed by atoms with van der Waals surface area (Å²) in [5, 5.41) is 56.9. The molecule has 73 heavy (non-hydrogen) atoms. The van der Waals surface area contributed by atoms with Crippen molar-refractivity contribution in [3.63, 3.8) is 0 Å². The fourth-order valence-electron chi connectivity index (χ4n) is 9.88. The number of esters is 1. The van der Waals surface area contributed by atoms with Crippen molar-refractivity contribution in [2.24, 2.45) is 0 Å². The monoisotopic (exact) mass is 1040 g/mol. The van der Waals surface area contributed by atoms with E-state index in [1.807, 2.05) is 6.08 Å². The summed E-state index contributed by atoms with van der Waals surface area (Å²) >= 11 is 0. The van der Waals surface area contributed by atoms with Crippen LogP contribution in [0, 0.1) is 0 Å². The molecule has 6 N–H and O–H groups in total. The van der Waals surface area contributed by atoms with Crippen LogP contribution in [-0.4, -0.2) is 99.6 Å². The van der Waals surface area contributed by atoms with Crippen LogP contribution in [0.3, 0.4) is 0 Å². The van der Waals surface area contributed by atoms with Crippen molar-refractivity contribution in [1.29, 1.82) is 0 Å². The van der Waals surface area contributed by atoms with Crippen LogP contribution in [0.5, 0.6) is 0 Å². The summed E-state index contributed by atoms with van der Waals surface area (Å²) in [6, 6.07) is -1.02. The Morgan fingerprint density at radius 1 is 0.521 bits per heavy atom. The van der Waals surface area contributed by atoms with Crippen LogP contribution < -0.4 is 5.32 Å². The van der Waals surface area contributed by atoms with Crippen molar-refractivity contribution in [2.45, 2.75) is 346 Å². The second-order valence-electron chi connectivity index (χ2n) is 21.8. The van der Waals surface area contributed by atoms with Gasteiger partial charge in [-0.05, 0) is 51.4 Å². The Hall–Kier alpha value is -1.86. The molecule has 0 aromatic rings. The minimum atomic E-state index is -1.61. The Labute approximate surface area is 448 Å². The number of hydrogen-bond donors (Lipinski definition) is 6. The van der Waals surface area contributed by atoms with Gasteiger partial charge in [-0.3, -0.25) is 9.59 Å². The lowest BCUT2D eigenvalue weighted by molar-refractivity contribution is -0.305. The van der Waals surface area contributed by atoms with E-state index in [1.54, 1.807) is 6.08 Å². The van der Waals surface area contributed by atoms with Gasteiger partial charge in [0.05, 0.1) is 25.4 Å². The standard InChI is InChI=1S/C62H117NO10/c1-4-7-10-13-16-19-22-24-25-26-27-28-29-30-31-33-35-38-41-44-47-50-57(67)73-60-59(69)58(68)56(51-64)72-62(60)71-52-53(54(65)48-45-42-39-37-34-32-23-20-17-14-11-8-5-2)63-61(70)55(66)49-46-43-40-36-21-18-15-12-9-6-3/h24-25,45,48,53-56,58-60,62,64-66,68-69H,4-23,26-44,46-47,49-52H2,1-3H3,(H,63,70)/b25-24+,48-45+.